The quantitative estimate of drug-likeness (QED) is 0.0937. The molecule has 2 N–H and O–H groups in total. The maximum Gasteiger partial charge on any atom is 0.355 e. The minimum Gasteiger partial charge on any atom is -0.493 e. The predicted molar refractivity (Wildman–Crippen MR) is 194 cm³/mol. The van der Waals surface area contributed by atoms with Crippen molar-refractivity contribution in [2.24, 2.45) is 18.7 Å². The van der Waals surface area contributed by atoms with E-state index in [1.165, 1.54) is 12.1 Å². The van der Waals surface area contributed by atoms with Gasteiger partial charge in [-0.25, -0.2) is 9.18 Å². The smallest absolute Gasteiger partial charge is 0.355 e. The Labute approximate surface area is 288 Å². The molecule has 0 radical (unpaired) electrons. The minimum absolute atomic E-state index is 0.284. The van der Waals surface area contributed by atoms with Crippen LogP contribution in [0.2, 0.25) is 5.02 Å². The van der Waals surface area contributed by atoms with Gasteiger partial charge in [0.2, 0.25) is 0 Å². The van der Waals surface area contributed by atoms with Gasteiger partial charge in [0.25, 0.3) is 0 Å². The van der Waals surface area contributed by atoms with E-state index < -0.39 is 5.60 Å². The van der Waals surface area contributed by atoms with Crippen molar-refractivity contribution in [3.63, 3.8) is 0 Å². The van der Waals surface area contributed by atoms with Gasteiger partial charge in [0, 0.05) is 41.2 Å². The first kappa shape index (κ1) is 35.4. The highest BCUT2D eigenvalue weighted by atomic mass is 35.5. The van der Waals surface area contributed by atoms with E-state index in [0.717, 1.165) is 62.6 Å². The summed E-state index contributed by atoms with van der Waals surface area (Å²) in [5, 5.41) is 7.86. The Bertz CT molecular complexity index is 1940. The standard InChI is InChI=1S/C39H48ClFN4O3/c1-24(2)18-19-39(5,6)48-38(46)37-30(12-9-22-47-33-13-8-11-27-23-28(41)14-15-29(27)33)31-16-17-32(40)35(36(31)45(37)21-10-20-42)34-25(3)43-44(7)26(34)4/h8,11,13-17,23-24H,9-10,12,18-22,42H2,1-7H3. The maximum absolute atomic E-state index is 14.4. The average Bonchev–Trinajstić information content (AvgIpc) is 3.48. The summed E-state index contributed by atoms with van der Waals surface area (Å²) < 4.78 is 30.4. The fourth-order valence-electron chi connectivity index (χ4n) is 6.59. The Hall–Kier alpha value is -3.88. The van der Waals surface area contributed by atoms with Crippen molar-refractivity contribution in [3.05, 3.63) is 82.0 Å². The predicted octanol–water partition coefficient (Wildman–Crippen LogP) is 9.34. The number of benzene rings is 3. The molecule has 0 saturated heterocycles. The van der Waals surface area contributed by atoms with Gasteiger partial charge in [-0.15, -0.1) is 0 Å². The number of esters is 1. The van der Waals surface area contributed by atoms with Gasteiger partial charge in [0.15, 0.2) is 0 Å². The summed E-state index contributed by atoms with van der Waals surface area (Å²) in [5.41, 5.74) is 11.4. The molecule has 0 spiro atoms. The number of hydrogen-bond acceptors (Lipinski definition) is 5. The highest BCUT2D eigenvalue weighted by Gasteiger charge is 2.32. The summed E-state index contributed by atoms with van der Waals surface area (Å²) in [4.78, 5) is 14.4. The van der Waals surface area contributed by atoms with E-state index in [-0.39, 0.29) is 11.8 Å². The molecule has 0 atom stereocenters. The normalized spacial score (nSPS) is 12.1. The van der Waals surface area contributed by atoms with Crippen LogP contribution in [0.3, 0.4) is 0 Å². The molecule has 2 aromatic heterocycles. The molecule has 9 heteroatoms. The maximum atomic E-state index is 14.4. The van der Waals surface area contributed by atoms with Crippen molar-refractivity contribution in [1.82, 2.24) is 14.3 Å². The largest absolute Gasteiger partial charge is 0.493 e. The van der Waals surface area contributed by atoms with Crippen LogP contribution in [0.5, 0.6) is 5.75 Å². The Balaban J connectivity index is 1.60. The van der Waals surface area contributed by atoms with E-state index in [9.17, 15) is 9.18 Å². The van der Waals surface area contributed by atoms with Crippen molar-refractivity contribution in [3.8, 4) is 16.9 Å². The molecule has 0 saturated carbocycles. The molecule has 0 aliphatic carbocycles. The number of fused-ring (bicyclic) bond motifs is 2. The molecule has 0 bridgehead atoms. The first-order valence-electron chi connectivity index (χ1n) is 16.9. The number of aryl methyl sites for hydroxylation is 4. The van der Waals surface area contributed by atoms with Crippen LogP contribution in [0, 0.1) is 25.6 Å². The summed E-state index contributed by atoms with van der Waals surface area (Å²) in [7, 11) is 1.92. The first-order chi connectivity index (χ1) is 22.8. The molecule has 5 rings (SSSR count). The van der Waals surface area contributed by atoms with Gasteiger partial charge in [-0.3, -0.25) is 4.68 Å². The van der Waals surface area contributed by atoms with Gasteiger partial charge in [-0.1, -0.05) is 43.6 Å². The van der Waals surface area contributed by atoms with Gasteiger partial charge < -0.3 is 19.8 Å². The topological polar surface area (TPSA) is 84.3 Å². The van der Waals surface area contributed by atoms with Crippen LogP contribution < -0.4 is 10.5 Å². The zero-order valence-electron chi connectivity index (χ0n) is 29.3. The number of ether oxygens (including phenoxy) is 2. The summed E-state index contributed by atoms with van der Waals surface area (Å²) in [5.74, 6) is 0.547. The lowest BCUT2D eigenvalue weighted by atomic mass is 9.96. The zero-order valence-corrected chi connectivity index (χ0v) is 30.0. The number of carbonyl (C=O) groups excluding carboxylic acids is 1. The SMILES string of the molecule is Cc1nn(C)c(C)c1-c1c(Cl)ccc2c(CCCOc3cccc4cc(F)ccc34)c(C(=O)OC(C)(C)CCC(C)C)n(CCCN)c12. The minimum atomic E-state index is -0.651. The zero-order chi connectivity index (χ0) is 34.7. The highest BCUT2D eigenvalue weighted by Crippen LogP contribution is 2.42. The summed E-state index contributed by atoms with van der Waals surface area (Å²) >= 11 is 7.03. The number of carbonyl (C=O) groups is 1. The second-order valence-electron chi connectivity index (χ2n) is 13.8. The van der Waals surface area contributed by atoms with Crippen LogP contribution in [-0.4, -0.2) is 39.1 Å². The summed E-state index contributed by atoms with van der Waals surface area (Å²) in [6, 6.07) is 14.3. The number of nitrogens with two attached hydrogens (primary N) is 1. The van der Waals surface area contributed by atoms with Crippen LogP contribution >= 0.6 is 11.6 Å². The van der Waals surface area contributed by atoms with Crippen LogP contribution in [0.4, 0.5) is 4.39 Å². The number of nitrogens with zero attached hydrogens (tertiary/aromatic N) is 3. The van der Waals surface area contributed by atoms with E-state index >= 15 is 0 Å². The van der Waals surface area contributed by atoms with Gasteiger partial charge in [0.1, 0.15) is 22.9 Å². The first-order valence-corrected chi connectivity index (χ1v) is 17.3. The van der Waals surface area contributed by atoms with Crippen LogP contribution in [-0.2, 0) is 24.8 Å². The van der Waals surface area contributed by atoms with Gasteiger partial charge >= 0.3 is 5.97 Å². The third-order valence-corrected chi connectivity index (χ3v) is 9.45. The van der Waals surface area contributed by atoms with Crippen molar-refractivity contribution in [2.75, 3.05) is 13.2 Å². The monoisotopic (exact) mass is 674 g/mol. The third kappa shape index (κ3) is 7.40. The molecule has 2 heterocycles. The number of hydrogen-bond donors (Lipinski definition) is 1. The number of halogens is 2. The lowest BCUT2D eigenvalue weighted by molar-refractivity contribution is -0.00773. The molecule has 3 aromatic carbocycles. The van der Waals surface area contributed by atoms with Crippen molar-refractivity contribution in [2.45, 2.75) is 85.8 Å². The van der Waals surface area contributed by atoms with E-state index in [4.69, 9.17) is 26.8 Å². The Morgan fingerprint density at radius 1 is 1.06 bits per heavy atom. The highest BCUT2D eigenvalue weighted by molar-refractivity contribution is 6.35. The van der Waals surface area contributed by atoms with Crippen molar-refractivity contribution < 1.29 is 18.7 Å². The fourth-order valence-corrected chi connectivity index (χ4v) is 6.84. The van der Waals surface area contributed by atoms with Crippen LogP contribution in [0.15, 0.2) is 48.5 Å². The molecule has 7 nitrogen and oxygen atoms in total. The Kier molecular flexibility index (Phi) is 10.9. The summed E-state index contributed by atoms with van der Waals surface area (Å²) in [6.07, 6.45) is 3.56. The van der Waals surface area contributed by atoms with Crippen molar-refractivity contribution >= 4 is 39.2 Å². The second-order valence-corrected chi connectivity index (χ2v) is 14.2. The van der Waals surface area contributed by atoms with E-state index in [2.05, 4.69) is 23.5 Å². The molecule has 48 heavy (non-hydrogen) atoms. The van der Waals surface area contributed by atoms with E-state index in [0.29, 0.717) is 61.3 Å². The van der Waals surface area contributed by atoms with Crippen molar-refractivity contribution in [1.29, 1.82) is 0 Å². The van der Waals surface area contributed by atoms with E-state index in [1.807, 2.05) is 69.8 Å². The lowest BCUT2D eigenvalue weighted by Crippen LogP contribution is -2.30. The van der Waals surface area contributed by atoms with Crippen LogP contribution in [0.1, 0.15) is 80.8 Å². The average molecular weight is 675 g/mol. The third-order valence-electron chi connectivity index (χ3n) is 9.14. The molecule has 0 fully saturated rings. The van der Waals surface area contributed by atoms with Gasteiger partial charge in [-0.2, -0.15) is 5.10 Å². The molecular formula is C39H48ClFN4O3. The Morgan fingerprint density at radius 3 is 2.50 bits per heavy atom. The Morgan fingerprint density at radius 2 is 1.81 bits per heavy atom. The fraction of sp³-hybridized carbons (Fsp3) is 0.436. The van der Waals surface area contributed by atoms with Gasteiger partial charge in [-0.05, 0) is 114 Å². The number of aromatic nitrogens is 3. The van der Waals surface area contributed by atoms with E-state index in [1.54, 1.807) is 6.07 Å². The molecule has 0 unspecified atom stereocenters. The number of rotatable bonds is 14. The molecule has 0 aliphatic rings. The lowest BCUT2D eigenvalue weighted by Gasteiger charge is -2.26. The van der Waals surface area contributed by atoms with Gasteiger partial charge in [0.05, 0.1) is 22.8 Å². The summed E-state index contributed by atoms with van der Waals surface area (Å²) in [6.45, 7) is 13.7. The second kappa shape index (κ2) is 14.7. The molecule has 256 valence electrons. The molecule has 0 aliphatic heterocycles. The molecular weight excluding hydrogens is 627 g/mol. The van der Waals surface area contributed by atoms with Crippen LogP contribution in [0.25, 0.3) is 32.8 Å². The molecule has 0 amide bonds. The molecule has 5 aromatic rings.